The van der Waals surface area contributed by atoms with Gasteiger partial charge in [-0.15, -0.1) is 0 Å². The number of hydrogen-bond donors (Lipinski definition) is 1. The lowest BCUT2D eigenvalue weighted by Gasteiger charge is -2.06. The van der Waals surface area contributed by atoms with Gasteiger partial charge in [0.25, 0.3) is 5.91 Å². The first-order valence-electron chi connectivity index (χ1n) is 6.66. The molecule has 0 spiro atoms. The highest BCUT2D eigenvalue weighted by Gasteiger charge is 2.22. The van der Waals surface area contributed by atoms with Gasteiger partial charge in [0.15, 0.2) is 5.84 Å². The highest BCUT2D eigenvalue weighted by Crippen LogP contribution is 2.21. The van der Waals surface area contributed by atoms with Crippen LogP contribution in [-0.4, -0.2) is 18.5 Å². The summed E-state index contributed by atoms with van der Waals surface area (Å²) in [5, 5.41) is 2.82. The third-order valence-corrected chi connectivity index (χ3v) is 3.54. The van der Waals surface area contributed by atoms with E-state index in [1.54, 1.807) is 0 Å². The number of fused-ring (bicyclic) bond motifs is 1. The maximum atomic E-state index is 11.7. The summed E-state index contributed by atoms with van der Waals surface area (Å²) in [7, 11) is 0. The number of nitrogens with zero attached hydrogens (tertiary/aromatic N) is 2. The lowest BCUT2D eigenvalue weighted by molar-refractivity contribution is 0.0966. The molecule has 0 bridgehead atoms. The first-order chi connectivity index (χ1) is 9.54. The third kappa shape index (κ3) is 2.69. The SMILES string of the molecule is C=NC(=N/C=C(\C)C(C)C)c1cccc2c1CNC2=O. The summed E-state index contributed by atoms with van der Waals surface area (Å²) >= 11 is 0. The molecule has 4 heteroatoms. The van der Waals surface area contributed by atoms with E-state index in [0.29, 0.717) is 23.9 Å². The Hall–Kier alpha value is -2.23. The molecule has 0 atom stereocenters. The van der Waals surface area contributed by atoms with Gasteiger partial charge in [-0.3, -0.25) is 4.79 Å². The van der Waals surface area contributed by atoms with Crippen LogP contribution in [0.5, 0.6) is 0 Å². The van der Waals surface area contributed by atoms with Crippen molar-refractivity contribution in [2.24, 2.45) is 15.9 Å². The summed E-state index contributed by atoms with van der Waals surface area (Å²) < 4.78 is 0. The molecule has 20 heavy (non-hydrogen) atoms. The second kappa shape index (κ2) is 5.82. The van der Waals surface area contributed by atoms with Crippen LogP contribution in [0.2, 0.25) is 0 Å². The van der Waals surface area contributed by atoms with E-state index >= 15 is 0 Å². The number of hydrogen-bond acceptors (Lipinski definition) is 2. The molecule has 1 heterocycles. The van der Waals surface area contributed by atoms with Gasteiger partial charge in [-0.05, 0) is 31.2 Å². The van der Waals surface area contributed by atoms with Gasteiger partial charge in [-0.25, -0.2) is 9.98 Å². The van der Waals surface area contributed by atoms with Crippen molar-refractivity contribution in [2.45, 2.75) is 27.3 Å². The van der Waals surface area contributed by atoms with Crippen LogP contribution in [0, 0.1) is 5.92 Å². The van der Waals surface area contributed by atoms with E-state index in [2.05, 4.69) is 35.9 Å². The van der Waals surface area contributed by atoms with Crippen molar-refractivity contribution in [1.29, 1.82) is 0 Å². The number of aliphatic imine (C=N–C) groups is 2. The van der Waals surface area contributed by atoms with E-state index in [4.69, 9.17) is 0 Å². The van der Waals surface area contributed by atoms with Gasteiger partial charge in [-0.1, -0.05) is 31.6 Å². The van der Waals surface area contributed by atoms with Crippen LogP contribution in [0.4, 0.5) is 0 Å². The average molecular weight is 269 g/mol. The largest absolute Gasteiger partial charge is 0.348 e. The zero-order valence-electron chi connectivity index (χ0n) is 12.1. The van der Waals surface area contributed by atoms with Crippen molar-refractivity contribution >= 4 is 18.5 Å². The zero-order valence-corrected chi connectivity index (χ0v) is 12.1. The van der Waals surface area contributed by atoms with Crippen molar-refractivity contribution in [3.63, 3.8) is 0 Å². The van der Waals surface area contributed by atoms with E-state index in [0.717, 1.165) is 11.1 Å². The van der Waals surface area contributed by atoms with Crippen molar-refractivity contribution in [3.05, 3.63) is 46.7 Å². The Morgan fingerprint density at radius 1 is 1.45 bits per heavy atom. The molecule has 1 aliphatic heterocycles. The van der Waals surface area contributed by atoms with E-state index in [-0.39, 0.29) is 5.91 Å². The van der Waals surface area contributed by atoms with Crippen LogP contribution in [0.1, 0.15) is 42.3 Å². The number of benzene rings is 1. The Morgan fingerprint density at radius 3 is 2.85 bits per heavy atom. The van der Waals surface area contributed by atoms with Crippen molar-refractivity contribution in [1.82, 2.24) is 5.32 Å². The molecule has 0 unspecified atom stereocenters. The van der Waals surface area contributed by atoms with Gasteiger partial charge in [0.2, 0.25) is 0 Å². The Balaban J connectivity index is 2.44. The molecule has 0 aromatic heterocycles. The van der Waals surface area contributed by atoms with Gasteiger partial charge in [0.05, 0.1) is 0 Å². The normalized spacial score (nSPS) is 15.3. The van der Waals surface area contributed by atoms with E-state index < -0.39 is 0 Å². The van der Waals surface area contributed by atoms with E-state index in [1.807, 2.05) is 31.3 Å². The molecule has 2 rings (SSSR count). The fourth-order valence-electron chi connectivity index (χ4n) is 1.97. The first-order valence-corrected chi connectivity index (χ1v) is 6.66. The van der Waals surface area contributed by atoms with Gasteiger partial charge in [0, 0.05) is 23.9 Å². The highest BCUT2D eigenvalue weighted by atomic mass is 16.1. The van der Waals surface area contributed by atoms with Gasteiger partial charge in [0.1, 0.15) is 0 Å². The second-order valence-electron chi connectivity index (χ2n) is 5.15. The topological polar surface area (TPSA) is 53.8 Å². The van der Waals surface area contributed by atoms with Crippen molar-refractivity contribution in [3.8, 4) is 0 Å². The van der Waals surface area contributed by atoms with Gasteiger partial charge < -0.3 is 5.32 Å². The monoisotopic (exact) mass is 269 g/mol. The molecule has 1 aromatic carbocycles. The summed E-state index contributed by atoms with van der Waals surface area (Å²) in [6.45, 7) is 10.4. The predicted molar refractivity (Wildman–Crippen MR) is 82.3 cm³/mol. The van der Waals surface area contributed by atoms with Crippen LogP contribution in [0.15, 0.2) is 40.0 Å². The minimum absolute atomic E-state index is 0.0424. The molecule has 1 aliphatic rings. The van der Waals surface area contributed by atoms with Crippen LogP contribution in [-0.2, 0) is 6.54 Å². The third-order valence-electron chi connectivity index (χ3n) is 3.54. The minimum atomic E-state index is -0.0424. The van der Waals surface area contributed by atoms with Crippen molar-refractivity contribution in [2.75, 3.05) is 0 Å². The molecule has 0 radical (unpaired) electrons. The summed E-state index contributed by atoms with van der Waals surface area (Å²) in [4.78, 5) is 20.1. The maximum absolute atomic E-state index is 11.7. The number of rotatable bonds is 3. The zero-order chi connectivity index (χ0) is 14.7. The molecule has 104 valence electrons. The Morgan fingerprint density at radius 2 is 2.20 bits per heavy atom. The highest BCUT2D eigenvalue weighted by molar-refractivity contribution is 6.07. The molecule has 0 saturated carbocycles. The quantitative estimate of drug-likeness (QED) is 0.665. The Bertz CT molecular complexity index is 612. The summed E-state index contributed by atoms with van der Waals surface area (Å²) in [5.74, 6) is 0.951. The first kappa shape index (κ1) is 14.2. The molecular weight excluding hydrogens is 250 g/mol. The van der Waals surface area contributed by atoms with Gasteiger partial charge in [-0.2, -0.15) is 0 Å². The number of amides is 1. The standard InChI is InChI=1S/C16H19N3O/c1-10(2)11(3)8-18-15(17-4)12-6-5-7-13-14(12)9-19-16(13)20/h5-8,10H,4,9H2,1-3H3,(H,19,20)/b11-8+,18-15?. The number of amidine groups is 1. The van der Waals surface area contributed by atoms with Crippen LogP contribution in [0.25, 0.3) is 0 Å². The van der Waals surface area contributed by atoms with Crippen LogP contribution in [0.3, 0.4) is 0 Å². The Kier molecular flexibility index (Phi) is 4.13. The van der Waals surface area contributed by atoms with Crippen LogP contribution < -0.4 is 5.32 Å². The summed E-state index contributed by atoms with van der Waals surface area (Å²) in [5.41, 5.74) is 3.68. The lowest BCUT2D eigenvalue weighted by Crippen LogP contribution is -2.12. The molecule has 0 fully saturated rings. The maximum Gasteiger partial charge on any atom is 0.251 e. The molecule has 1 N–H and O–H groups in total. The van der Waals surface area contributed by atoms with Gasteiger partial charge >= 0.3 is 0 Å². The number of carbonyl (C=O) groups excluding carboxylic acids is 1. The average Bonchev–Trinajstić information content (AvgIpc) is 2.81. The molecule has 1 aromatic rings. The van der Waals surface area contributed by atoms with Crippen LogP contribution >= 0.6 is 0 Å². The Labute approximate surface area is 119 Å². The molecule has 4 nitrogen and oxygen atoms in total. The smallest absolute Gasteiger partial charge is 0.251 e. The fraction of sp³-hybridized carbons (Fsp3) is 0.312. The predicted octanol–water partition coefficient (Wildman–Crippen LogP) is 2.94. The summed E-state index contributed by atoms with van der Waals surface area (Å²) in [6, 6.07) is 5.58. The minimum Gasteiger partial charge on any atom is -0.348 e. The summed E-state index contributed by atoms with van der Waals surface area (Å²) in [6.07, 6.45) is 1.82. The van der Waals surface area contributed by atoms with E-state index in [9.17, 15) is 4.79 Å². The van der Waals surface area contributed by atoms with E-state index in [1.165, 1.54) is 5.57 Å². The molecular formula is C16H19N3O. The fourth-order valence-corrected chi connectivity index (χ4v) is 1.97. The number of carbonyl (C=O) groups is 1. The second-order valence-corrected chi connectivity index (χ2v) is 5.15. The lowest BCUT2D eigenvalue weighted by atomic mass is 10.0. The van der Waals surface area contributed by atoms with Crippen molar-refractivity contribution < 1.29 is 4.79 Å². The molecule has 0 aliphatic carbocycles. The molecule has 1 amide bonds. The molecule has 0 saturated heterocycles. The number of allylic oxidation sites excluding steroid dienone is 1. The number of nitrogens with one attached hydrogen (secondary N) is 1.